The fourth-order valence-electron chi connectivity index (χ4n) is 2.59. The van der Waals surface area contributed by atoms with Crippen molar-refractivity contribution in [2.45, 2.75) is 52.5 Å². The van der Waals surface area contributed by atoms with Crippen LogP contribution in [0.15, 0.2) is 30.3 Å². The summed E-state index contributed by atoms with van der Waals surface area (Å²) in [5.41, 5.74) is 2.48. The van der Waals surface area contributed by atoms with Crippen molar-refractivity contribution >= 4 is 5.91 Å². The summed E-state index contributed by atoms with van der Waals surface area (Å²) in [6.45, 7) is 5.20. The van der Waals surface area contributed by atoms with Gasteiger partial charge < -0.3 is 10.1 Å². The molecule has 0 saturated heterocycles. The first-order valence-corrected chi connectivity index (χ1v) is 9.62. The van der Waals surface area contributed by atoms with Crippen molar-refractivity contribution in [3.63, 3.8) is 0 Å². The highest BCUT2D eigenvalue weighted by molar-refractivity contribution is 5.92. The topological polar surface area (TPSA) is 56.1 Å². The summed E-state index contributed by atoms with van der Waals surface area (Å²) in [5.74, 6) is 6.96. The van der Waals surface area contributed by atoms with Gasteiger partial charge in [-0.15, -0.1) is 5.92 Å². The molecular weight excluding hydrogens is 338 g/mol. The van der Waals surface area contributed by atoms with E-state index >= 15 is 0 Å². The predicted octanol–water partition coefficient (Wildman–Crippen LogP) is 3.88. The average Bonchev–Trinajstić information content (AvgIpc) is 3.07. The predicted molar refractivity (Wildman–Crippen MR) is 108 cm³/mol. The molecule has 0 fully saturated rings. The number of amides is 1. The van der Waals surface area contributed by atoms with E-state index in [9.17, 15) is 4.79 Å². The Balaban J connectivity index is 1.81. The summed E-state index contributed by atoms with van der Waals surface area (Å²) >= 11 is 0. The zero-order valence-corrected chi connectivity index (χ0v) is 16.5. The monoisotopic (exact) mass is 367 g/mol. The minimum atomic E-state index is -0.127. The second-order valence-corrected chi connectivity index (χ2v) is 6.38. The number of benzene rings is 1. The van der Waals surface area contributed by atoms with Crippen LogP contribution in [0.25, 0.3) is 0 Å². The van der Waals surface area contributed by atoms with Gasteiger partial charge in [0.15, 0.2) is 0 Å². The molecule has 1 heterocycles. The van der Waals surface area contributed by atoms with Gasteiger partial charge in [-0.05, 0) is 36.6 Å². The molecule has 0 saturated carbocycles. The van der Waals surface area contributed by atoms with Crippen molar-refractivity contribution in [3.05, 3.63) is 47.3 Å². The Morgan fingerprint density at radius 1 is 1.22 bits per heavy atom. The van der Waals surface area contributed by atoms with Gasteiger partial charge in [0.2, 0.25) is 0 Å². The number of unbranched alkanes of at least 4 members (excludes halogenated alkanes) is 2. The summed E-state index contributed by atoms with van der Waals surface area (Å²) in [7, 11) is 1.79. The fourth-order valence-corrected chi connectivity index (χ4v) is 2.59. The lowest BCUT2D eigenvalue weighted by Crippen LogP contribution is -2.25. The van der Waals surface area contributed by atoms with Crippen LogP contribution in [0.1, 0.15) is 61.3 Å². The van der Waals surface area contributed by atoms with E-state index in [1.807, 2.05) is 37.3 Å². The maximum Gasteiger partial charge on any atom is 0.269 e. The van der Waals surface area contributed by atoms with Crippen molar-refractivity contribution in [1.82, 2.24) is 15.1 Å². The number of aromatic nitrogens is 2. The lowest BCUT2D eigenvalue weighted by Gasteiger charge is -2.08. The zero-order chi connectivity index (χ0) is 19.5. The molecule has 5 heteroatoms. The highest BCUT2D eigenvalue weighted by Gasteiger charge is 2.12. The van der Waals surface area contributed by atoms with Crippen LogP contribution in [0, 0.1) is 11.8 Å². The number of aryl methyl sites for hydroxylation is 2. The Labute approximate surface area is 162 Å². The number of nitrogens with zero attached hydrogens (tertiary/aromatic N) is 2. The van der Waals surface area contributed by atoms with Crippen LogP contribution in [-0.2, 0) is 20.0 Å². The van der Waals surface area contributed by atoms with Crippen LogP contribution >= 0.6 is 0 Å². The maximum absolute atomic E-state index is 12.4. The van der Waals surface area contributed by atoms with E-state index in [4.69, 9.17) is 4.74 Å². The number of hydrogen-bond donors (Lipinski definition) is 1. The molecule has 1 aromatic heterocycles. The van der Waals surface area contributed by atoms with Gasteiger partial charge in [0, 0.05) is 26.4 Å². The van der Waals surface area contributed by atoms with Crippen LogP contribution in [0.4, 0.5) is 0 Å². The summed E-state index contributed by atoms with van der Waals surface area (Å²) in [6, 6.07) is 9.60. The number of carbonyl (C=O) groups excluding carboxylic acids is 1. The molecule has 0 spiro atoms. The fraction of sp³-hybridized carbons (Fsp3) is 0.455. The first-order valence-electron chi connectivity index (χ1n) is 9.62. The molecule has 1 amide bonds. The first kappa shape index (κ1) is 20.6. The Morgan fingerprint density at radius 3 is 2.78 bits per heavy atom. The highest BCUT2D eigenvalue weighted by atomic mass is 16.5. The van der Waals surface area contributed by atoms with E-state index in [1.54, 1.807) is 11.7 Å². The third-order valence-corrected chi connectivity index (χ3v) is 4.15. The minimum Gasteiger partial charge on any atom is -0.493 e. The van der Waals surface area contributed by atoms with Gasteiger partial charge in [-0.2, -0.15) is 5.10 Å². The van der Waals surface area contributed by atoms with Crippen molar-refractivity contribution in [3.8, 4) is 17.6 Å². The van der Waals surface area contributed by atoms with Crippen molar-refractivity contribution in [2.24, 2.45) is 7.05 Å². The molecule has 0 aliphatic rings. The Hall–Kier alpha value is -2.74. The Bertz CT molecular complexity index is 799. The number of rotatable bonds is 9. The molecule has 0 aliphatic carbocycles. The smallest absolute Gasteiger partial charge is 0.269 e. The molecule has 5 nitrogen and oxygen atoms in total. The lowest BCUT2D eigenvalue weighted by atomic mass is 10.2. The van der Waals surface area contributed by atoms with Crippen LogP contribution in [0.3, 0.4) is 0 Å². The molecule has 144 valence electrons. The lowest BCUT2D eigenvalue weighted by molar-refractivity contribution is 0.0941. The number of nitrogens with one attached hydrogen (secondary N) is 1. The number of ether oxygens (including phenoxy) is 1. The van der Waals surface area contributed by atoms with E-state index in [0.717, 1.165) is 42.7 Å². The number of carbonyl (C=O) groups is 1. The molecule has 0 radical (unpaired) electrons. The van der Waals surface area contributed by atoms with Crippen molar-refractivity contribution in [2.75, 3.05) is 6.61 Å². The van der Waals surface area contributed by atoms with Crippen molar-refractivity contribution in [1.29, 1.82) is 0 Å². The second-order valence-electron chi connectivity index (χ2n) is 6.38. The Kier molecular flexibility index (Phi) is 8.44. The Morgan fingerprint density at radius 2 is 2.04 bits per heavy atom. The molecule has 2 aromatic rings. The number of hydrogen-bond acceptors (Lipinski definition) is 3. The van der Waals surface area contributed by atoms with Gasteiger partial charge in [0.1, 0.15) is 11.4 Å². The summed E-state index contributed by atoms with van der Waals surface area (Å²) < 4.78 is 7.37. The largest absolute Gasteiger partial charge is 0.493 e. The van der Waals surface area contributed by atoms with E-state index in [1.165, 1.54) is 6.42 Å². The zero-order valence-electron chi connectivity index (χ0n) is 16.5. The van der Waals surface area contributed by atoms with Crippen LogP contribution in [0.5, 0.6) is 5.75 Å². The molecule has 0 unspecified atom stereocenters. The van der Waals surface area contributed by atoms with Gasteiger partial charge in [0.05, 0.1) is 12.3 Å². The summed E-state index contributed by atoms with van der Waals surface area (Å²) in [4.78, 5) is 12.4. The van der Waals surface area contributed by atoms with E-state index in [-0.39, 0.29) is 5.91 Å². The quantitative estimate of drug-likeness (QED) is 0.541. The summed E-state index contributed by atoms with van der Waals surface area (Å²) in [6.07, 6.45) is 4.82. The molecule has 1 aromatic carbocycles. The van der Waals surface area contributed by atoms with Gasteiger partial charge in [-0.1, -0.05) is 38.3 Å². The summed E-state index contributed by atoms with van der Waals surface area (Å²) in [5, 5.41) is 7.25. The van der Waals surface area contributed by atoms with Gasteiger partial charge >= 0.3 is 0 Å². The van der Waals surface area contributed by atoms with Gasteiger partial charge in [-0.25, -0.2) is 0 Å². The van der Waals surface area contributed by atoms with E-state index in [0.29, 0.717) is 18.8 Å². The van der Waals surface area contributed by atoms with Crippen LogP contribution in [0.2, 0.25) is 0 Å². The standard InChI is InChI=1S/C22H29N3O2/c1-4-6-7-8-9-10-14-27-20-13-11-12-18(15-20)17-23-22(26)21-16-19(5-2)24-25(21)3/h11-13,15-16H,4-7,10,14,17H2,1-3H3,(H,23,26). The average molecular weight is 367 g/mol. The highest BCUT2D eigenvalue weighted by Crippen LogP contribution is 2.14. The van der Waals surface area contributed by atoms with Crippen LogP contribution in [-0.4, -0.2) is 22.3 Å². The third kappa shape index (κ3) is 6.82. The molecule has 0 aliphatic heterocycles. The normalized spacial score (nSPS) is 10.2. The molecule has 2 rings (SSSR count). The van der Waals surface area contributed by atoms with Crippen LogP contribution < -0.4 is 10.1 Å². The minimum absolute atomic E-state index is 0.127. The second kappa shape index (κ2) is 11.1. The van der Waals surface area contributed by atoms with Crippen molar-refractivity contribution < 1.29 is 9.53 Å². The molecule has 27 heavy (non-hydrogen) atoms. The molecule has 0 atom stereocenters. The van der Waals surface area contributed by atoms with E-state index < -0.39 is 0 Å². The molecule has 0 bridgehead atoms. The van der Waals surface area contributed by atoms with Gasteiger partial charge in [-0.3, -0.25) is 9.48 Å². The third-order valence-electron chi connectivity index (χ3n) is 4.15. The van der Waals surface area contributed by atoms with E-state index in [2.05, 4.69) is 29.2 Å². The SMILES string of the molecule is CCCCC#CCCOc1cccc(CNC(=O)c2cc(CC)nn2C)c1. The maximum atomic E-state index is 12.4. The first-order chi connectivity index (χ1) is 13.1. The molecule has 1 N–H and O–H groups in total. The van der Waals surface area contributed by atoms with Gasteiger partial charge in [0.25, 0.3) is 5.91 Å². The molecular formula is C22H29N3O2.